The summed E-state index contributed by atoms with van der Waals surface area (Å²) in [5, 5.41) is 0. The van der Waals surface area contributed by atoms with E-state index in [4.69, 9.17) is 4.74 Å². The van der Waals surface area contributed by atoms with Crippen molar-refractivity contribution in [1.29, 1.82) is 0 Å². The van der Waals surface area contributed by atoms with Gasteiger partial charge in [-0.05, 0) is 63.2 Å². The Morgan fingerprint density at radius 3 is 2.59 bits per heavy atom. The zero-order valence-corrected chi connectivity index (χ0v) is 11.8. The first kappa shape index (κ1) is 13.1. The molecule has 0 aromatic heterocycles. The van der Waals surface area contributed by atoms with Crippen LogP contribution in [0, 0.1) is 11.3 Å². The summed E-state index contributed by atoms with van der Waals surface area (Å²) >= 11 is 0. The monoisotopic (exact) mass is 236 g/mol. The van der Waals surface area contributed by atoms with Crippen LogP contribution in [-0.4, -0.2) is 12.2 Å². The van der Waals surface area contributed by atoms with Crippen LogP contribution in [0.1, 0.15) is 65.7 Å². The standard InChI is InChI=1S/C16H28O/c1-13-7-5-9-15(2,3)14(13)8-11-16(4)10-6-12-17-16/h14H,1,5-12H2,2-4H3. The van der Waals surface area contributed by atoms with E-state index in [-0.39, 0.29) is 5.60 Å². The number of allylic oxidation sites excluding steroid dienone is 1. The average Bonchev–Trinajstić information content (AvgIpc) is 2.64. The zero-order chi connectivity index (χ0) is 12.5. The van der Waals surface area contributed by atoms with Gasteiger partial charge in [-0.2, -0.15) is 0 Å². The highest BCUT2D eigenvalue weighted by Crippen LogP contribution is 2.46. The average molecular weight is 236 g/mol. The van der Waals surface area contributed by atoms with E-state index in [1.165, 1.54) is 50.5 Å². The fraction of sp³-hybridized carbons (Fsp3) is 0.875. The molecule has 1 heterocycles. The first-order chi connectivity index (χ1) is 7.93. The first-order valence-corrected chi connectivity index (χ1v) is 7.25. The number of hydrogen-bond donors (Lipinski definition) is 0. The lowest BCUT2D eigenvalue weighted by Gasteiger charge is -2.41. The van der Waals surface area contributed by atoms with Gasteiger partial charge in [0.15, 0.2) is 0 Å². The van der Waals surface area contributed by atoms with Crippen molar-refractivity contribution in [3.05, 3.63) is 12.2 Å². The van der Waals surface area contributed by atoms with Crippen LogP contribution in [0.5, 0.6) is 0 Å². The van der Waals surface area contributed by atoms with E-state index in [2.05, 4.69) is 27.4 Å². The topological polar surface area (TPSA) is 9.23 Å². The Balaban J connectivity index is 1.94. The summed E-state index contributed by atoms with van der Waals surface area (Å²) in [7, 11) is 0. The molecule has 0 amide bonds. The fourth-order valence-electron chi connectivity index (χ4n) is 3.75. The Labute approximate surface area is 107 Å². The van der Waals surface area contributed by atoms with Crippen LogP contribution in [0.25, 0.3) is 0 Å². The molecule has 1 saturated carbocycles. The molecule has 0 spiro atoms. The second kappa shape index (κ2) is 4.76. The maximum absolute atomic E-state index is 5.91. The van der Waals surface area contributed by atoms with Crippen molar-refractivity contribution < 1.29 is 4.74 Å². The van der Waals surface area contributed by atoms with Crippen molar-refractivity contribution in [2.75, 3.05) is 6.61 Å². The van der Waals surface area contributed by atoms with Gasteiger partial charge in [0.05, 0.1) is 5.60 Å². The normalized spacial score (nSPS) is 37.4. The minimum atomic E-state index is 0.161. The molecule has 1 saturated heterocycles. The summed E-state index contributed by atoms with van der Waals surface area (Å²) < 4.78 is 5.91. The molecule has 0 bridgehead atoms. The van der Waals surface area contributed by atoms with Crippen LogP contribution in [0.4, 0.5) is 0 Å². The van der Waals surface area contributed by atoms with Gasteiger partial charge >= 0.3 is 0 Å². The Hall–Kier alpha value is -0.300. The van der Waals surface area contributed by atoms with Crippen LogP contribution in [-0.2, 0) is 4.74 Å². The van der Waals surface area contributed by atoms with E-state index in [9.17, 15) is 0 Å². The van der Waals surface area contributed by atoms with Gasteiger partial charge in [0.25, 0.3) is 0 Å². The largest absolute Gasteiger partial charge is 0.375 e. The molecule has 2 unspecified atom stereocenters. The van der Waals surface area contributed by atoms with Crippen molar-refractivity contribution in [2.45, 2.75) is 71.3 Å². The van der Waals surface area contributed by atoms with Crippen molar-refractivity contribution in [3.63, 3.8) is 0 Å². The van der Waals surface area contributed by atoms with Gasteiger partial charge in [-0.15, -0.1) is 0 Å². The smallest absolute Gasteiger partial charge is 0.0655 e. The maximum Gasteiger partial charge on any atom is 0.0655 e. The van der Waals surface area contributed by atoms with Gasteiger partial charge in [-0.3, -0.25) is 0 Å². The van der Waals surface area contributed by atoms with Gasteiger partial charge in [0, 0.05) is 6.61 Å². The van der Waals surface area contributed by atoms with E-state index < -0.39 is 0 Å². The van der Waals surface area contributed by atoms with E-state index in [0.29, 0.717) is 11.3 Å². The van der Waals surface area contributed by atoms with Gasteiger partial charge in [-0.25, -0.2) is 0 Å². The van der Waals surface area contributed by atoms with Crippen molar-refractivity contribution >= 4 is 0 Å². The predicted octanol–water partition coefficient (Wildman–Crippen LogP) is 4.72. The third-order valence-corrected chi connectivity index (χ3v) is 5.02. The van der Waals surface area contributed by atoms with Gasteiger partial charge in [0.2, 0.25) is 0 Å². The molecule has 17 heavy (non-hydrogen) atoms. The molecule has 1 nitrogen and oxygen atoms in total. The second-order valence-corrected chi connectivity index (χ2v) is 6.99. The second-order valence-electron chi connectivity index (χ2n) is 6.99. The predicted molar refractivity (Wildman–Crippen MR) is 73.1 cm³/mol. The van der Waals surface area contributed by atoms with E-state index in [1.54, 1.807) is 0 Å². The molecule has 1 heteroatoms. The summed E-state index contributed by atoms with van der Waals surface area (Å²) in [4.78, 5) is 0. The molecule has 2 aliphatic rings. The lowest BCUT2D eigenvalue weighted by Crippen LogP contribution is -2.32. The fourth-order valence-corrected chi connectivity index (χ4v) is 3.75. The number of rotatable bonds is 3. The highest BCUT2D eigenvalue weighted by Gasteiger charge is 2.37. The Bertz CT molecular complexity index is 284. The number of ether oxygens (including phenoxy) is 1. The summed E-state index contributed by atoms with van der Waals surface area (Å²) in [6, 6.07) is 0. The molecule has 0 aromatic carbocycles. The van der Waals surface area contributed by atoms with Gasteiger partial charge < -0.3 is 4.74 Å². The third-order valence-electron chi connectivity index (χ3n) is 5.02. The maximum atomic E-state index is 5.91. The molecule has 0 radical (unpaired) electrons. The van der Waals surface area contributed by atoms with Crippen molar-refractivity contribution in [1.82, 2.24) is 0 Å². The quantitative estimate of drug-likeness (QED) is 0.644. The molecule has 0 aromatic rings. The molecule has 2 rings (SSSR count). The van der Waals surface area contributed by atoms with E-state index >= 15 is 0 Å². The van der Waals surface area contributed by atoms with Crippen LogP contribution in [0.15, 0.2) is 12.2 Å². The van der Waals surface area contributed by atoms with E-state index in [1.807, 2.05) is 0 Å². The minimum Gasteiger partial charge on any atom is -0.375 e. The Morgan fingerprint density at radius 1 is 1.24 bits per heavy atom. The molecule has 0 N–H and O–H groups in total. The summed E-state index contributed by atoms with van der Waals surface area (Å²) in [5.74, 6) is 0.706. The first-order valence-electron chi connectivity index (χ1n) is 7.25. The van der Waals surface area contributed by atoms with Crippen LogP contribution < -0.4 is 0 Å². The summed E-state index contributed by atoms with van der Waals surface area (Å²) in [5.41, 5.74) is 2.10. The molecule has 2 atom stereocenters. The van der Waals surface area contributed by atoms with Crippen molar-refractivity contribution in [3.8, 4) is 0 Å². The summed E-state index contributed by atoms with van der Waals surface area (Å²) in [6.45, 7) is 12.4. The molecule has 1 aliphatic heterocycles. The van der Waals surface area contributed by atoms with Crippen LogP contribution >= 0.6 is 0 Å². The van der Waals surface area contributed by atoms with Crippen LogP contribution in [0.2, 0.25) is 0 Å². The third kappa shape index (κ3) is 2.93. The van der Waals surface area contributed by atoms with Gasteiger partial charge in [0.1, 0.15) is 0 Å². The van der Waals surface area contributed by atoms with Crippen LogP contribution in [0.3, 0.4) is 0 Å². The Kier molecular flexibility index (Phi) is 3.68. The lowest BCUT2D eigenvalue weighted by atomic mass is 9.64. The minimum absolute atomic E-state index is 0.161. The lowest BCUT2D eigenvalue weighted by molar-refractivity contribution is 0.00373. The molecule has 1 aliphatic carbocycles. The van der Waals surface area contributed by atoms with E-state index in [0.717, 1.165) is 6.61 Å². The summed E-state index contributed by atoms with van der Waals surface area (Å²) in [6.07, 6.45) is 8.89. The molecule has 98 valence electrons. The number of hydrogen-bond acceptors (Lipinski definition) is 1. The van der Waals surface area contributed by atoms with Gasteiger partial charge in [-0.1, -0.05) is 26.0 Å². The highest BCUT2D eigenvalue weighted by atomic mass is 16.5. The van der Waals surface area contributed by atoms with Crippen molar-refractivity contribution in [2.24, 2.45) is 11.3 Å². The zero-order valence-electron chi connectivity index (χ0n) is 11.8. The molecular weight excluding hydrogens is 208 g/mol. The SMILES string of the molecule is C=C1CCCC(C)(C)C1CCC1(C)CCCO1. The highest BCUT2D eigenvalue weighted by molar-refractivity contribution is 5.09. The molecular formula is C16H28O. The molecule has 2 fully saturated rings. The Morgan fingerprint density at radius 2 is 2.00 bits per heavy atom.